The second-order valence-corrected chi connectivity index (χ2v) is 21.2. The molecule has 1 atom stereocenters. The van der Waals surface area contributed by atoms with Gasteiger partial charge >= 0.3 is 0 Å². The number of hydrogen-bond acceptors (Lipinski definition) is 1. The average Bonchev–Trinajstić information content (AvgIpc) is 2.27. The molecule has 114 valence electrons. The zero-order valence-corrected chi connectivity index (χ0v) is 16.7. The van der Waals surface area contributed by atoms with Gasteiger partial charge in [0.15, 0.2) is 8.56 Å². The molecule has 1 rings (SSSR count). The van der Waals surface area contributed by atoms with Gasteiger partial charge in [0.05, 0.1) is 7.59 Å². The lowest BCUT2D eigenvalue weighted by molar-refractivity contribution is 0.204. The Hall–Kier alpha value is -0.386. The van der Waals surface area contributed by atoms with Crippen molar-refractivity contribution in [3.8, 4) is 0 Å². The Labute approximate surface area is 128 Å². The van der Waals surface area contributed by atoms with Crippen molar-refractivity contribution in [3.05, 3.63) is 30.3 Å². The normalized spacial score (nSPS) is 15.2. The molecule has 0 aliphatic carbocycles. The molecule has 1 nitrogen and oxygen atoms in total. The van der Waals surface area contributed by atoms with Crippen LogP contribution in [0.4, 0.5) is 0 Å². The van der Waals surface area contributed by atoms with Crippen LogP contribution in [-0.2, 0) is 4.43 Å². The average molecular weight is 309 g/mol. The fourth-order valence-electron chi connectivity index (χ4n) is 2.08. The van der Waals surface area contributed by atoms with Crippen molar-refractivity contribution in [2.75, 3.05) is 6.61 Å². The zero-order chi connectivity index (χ0) is 15.6. The topological polar surface area (TPSA) is 9.23 Å². The van der Waals surface area contributed by atoms with E-state index < -0.39 is 16.1 Å². The Morgan fingerprint density at radius 3 is 1.85 bits per heavy atom. The molecule has 0 spiro atoms. The summed E-state index contributed by atoms with van der Waals surface area (Å²) >= 11 is 0. The van der Waals surface area contributed by atoms with Crippen LogP contribution in [-0.4, -0.2) is 22.8 Å². The van der Waals surface area contributed by atoms with Gasteiger partial charge in [-0.2, -0.15) is 0 Å². The number of hydrogen-bond donors (Lipinski definition) is 0. The fourth-order valence-corrected chi connectivity index (χ4v) is 12.5. The van der Waals surface area contributed by atoms with Crippen molar-refractivity contribution in [3.63, 3.8) is 0 Å². The maximum atomic E-state index is 6.58. The van der Waals surface area contributed by atoms with Crippen molar-refractivity contribution in [1.82, 2.24) is 0 Å². The highest BCUT2D eigenvalue weighted by Crippen LogP contribution is 2.38. The minimum absolute atomic E-state index is 0.238. The van der Waals surface area contributed by atoms with E-state index >= 15 is 0 Å². The van der Waals surface area contributed by atoms with Gasteiger partial charge in [0.25, 0.3) is 0 Å². The summed E-state index contributed by atoms with van der Waals surface area (Å²) in [4.78, 5) is 0. The molecule has 0 saturated carbocycles. The van der Waals surface area contributed by atoms with Crippen molar-refractivity contribution < 1.29 is 4.43 Å². The lowest BCUT2D eigenvalue weighted by atomic mass is 9.99. The van der Waals surface area contributed by atoms with Crippen LogP contribution in [0, 0.1) is 5.41 Å². The van der Waals surface area contributed by atoms with Crippen LogP contribution >= 0.6 is 0 Å². The molecule has 0 amide bonds. The van der Waals surface area contributed by atoms with E-state index in [0.717, 1.165) is 6.61 Å². The third-order valence-corrected chi connectivity index (χ3v) is 19.1. The van der Waals surface area contributed by atoms with E-state index in [4.69, 9.17) is 4.43 Å². The van der Waals surface area contributed by atoms with Crippen LogP contribution in [0.2, 0.25) is 18.1 Å². The van der Waals surface area contributed by atoms with Crippen LogP contribution in [0.3, 0.4) is 0 Å². The largest absolute Gasteiger partial charge is 0.418 e. The molecule has 0 aromatic heterocycles. The quantitative estimate of drug-likeness (QED) is 0.755. The third kappa shape index (κ3) is 4.57. The Kier molecular flexibility index (Phi) is 5.44. The van der Waals surface area contributed by atoms with Gasteiger partial charge in [0.1, 0.15) is 0 Å². The maximum absolute atomic E-state index is 6.58. The summed E-state index contributed by atoms with van der Waals surface area (Å²) in [7, 11) is -2.85. The minimum atomic E-state index is -1.46. The van der Waals surface area contributed by atoms with Gasteiger partial charge in [-0.05, 0) is 15.6 Å². The molecular weight excluding hydrogens is 276 g/mol. The van der Waals surface area contributed by atoms with Crippen molar-refractivity contribution in [2.24, 2.45) is 5.41 Å². The summed E-state index contributed by atoms with van der Waals surface area (Å²) in [6.45, 7) is 19.8. The summed E-state index contributed by atoms with van der Waals surface area (Å²) in [6.07, 6.45) is 0. The molecule has 0 radical (unpaired) electrons. The highest BCUT2D eigenvalue weighted by Gasteiger charge is 2.45. The van der Waals surface area contributed by atoms with Crippen molar-refractivity contribution in [2.45, 2.75) is 59.7 Å². The molecule has 0 aliphatic heterocycles. The molecule has 0 fully saturated rings. The van der Waals surface area contributed by atoms with E-state index in [9.17, 15) is 0 Å². The van der Waals surface area contributed by atoms with Gasteiger partial charge in [0.2, 0.25) is 0 Å². The predicted octanol–water partition coefficient (Wildman–Crippen LogP) is 4.27. The molecule has 1 unspecified atom stereocenters. The van der Waals surface area contributed by atoms with E-state index in [-0.39, 0.29) is 5.41 Å². The van der Waals surface area contributed by atoms with Gasteiger partial charge in [-0.15, -0.1) is 0 Å². The molecule has 0 N–H and O–H groups in total. The van der Waals surface area contributed by atoms with Gasteiger partial charge in [0, 0.05) is 6.61 Å². The fraction of sp³-hybridized carbons (Fsp3) is 0.647. The zero-order valence-electron chi connectivity index (χ0n) is 14.6. The van der Waals surface area contributed by atoms with Crippen LogP contribution in [0.15, 0.2) is 30.3 Å². The first-order valence-electron chi connectivity index (χ1n) is 7.62. The Bertz CT molecular complexity index is 413. The van der Waals surface area contributed by atoms with Crippen LogP contribution < -0.4 is 5.19 Å². The smallest absolute Gasteiger partial charge is 0.195 e. The molecule has 1 aromatic carbocycles. The minimum Gasteiger partial charge on any atom is -0.418 e. The molecular formula is C17H32OSi2. The molecule has 3 heteroatoms. The van der Waals surface area contributed by atoms with Gasteiger partial charge in [-0.1, -0.05) is 85.0 Å². The Balaban J connectivity index is 3.09. The molecule has 0 saturated heterocycles. The summed E-state index contributed by atoms with van der Waals surface area (Å²) in [6, 6.07) is 11.0. The van der Waals surface area contributed by atoms with Crippen LogP contribution in [0.1, 0.15) is 41.5 Å². The Morgan fingerprint density at radius 1 is 0.950 bits per heavy atom. The molecule has 0 aliphatic rings. The van der Waals surface area contributed by atoms with E-state index in [2.05, 4.69) is 85.0 Å². The van der Waals surface area contributed by atoms with Gasteiger partial charge in [-0.3, -0.25) is 0 Å². The number of rotatable bonds is 4. The summed E-state index contributed by atoms with van der Waals surface area (Å²) in [5.41, 5.74) is 0.238. The highest BCUT2D eigenvalue weighted by molar-refractivity contribution is 7.35. The highest BCUT2D eigenvalue weighted by atomic mass is 29.2. The van der Waals surface area contributed by atoms with E-state index in [1.807, 2.05) is 0 Å². The Morgan fingerprint density at radius 2 is 1.45 bits per heavy atom. The molecule has 20 heavy (non-hydrogen) atoms. The summed E-state index contributed by atoms with van der Waals surface area (Å²) in [5.74, 6) is 0. The maximum Gasteiger partial charge on any atom is 0.195 e. The molecule has 0 heterocycles. The first-order valence-corrected chi connectivity index (χ1v) is 13.5. The monoisotopic (exact) mass is 308 g/mol. The third-order valence-electron chi connectivity index (χ3n) is 4.37. The van der Waals surface area contributed by atoms with E-state index in [1.165, 1.54) is 5.19 Å². The van der Waals surface area contributed by atoms with Crippen LogP contribution in [0.5, 0.6) is 0 Å². The SMILES string of the molecule is CC(C)(C)CO[SiH](c1ccccc1)[Si](C)(C)C(C)(C)C. The first-order chi connectivity index (χ1) is 8.95. The summed E-state index contributed by atoms with van der Waals surface area (Å²) in [5, 5.41) is 1.85. The first kappa shape index (κ1) is 17.7. The number of benzene rings is 1. The van der Waals surface area contributed by atoms with E-state index in [0.29, 0.717) is 5.04 Å². The van der Waals surface area contributed by atoms with Gasteiger partial charge < -0.3 is 4.43 Å². The lowest BCUT2D eigenvalue weighted by Crippen LogP contribution is -2.61. The standard InChI is InChI=1S/C17H32OSi2/c1-16(2,3)14-18-19(15-12-10-9-11-13-15)20(7,8)17(4,5)6/h9-13,19H,14H2,1-8H3. The lowest BCUT2D eigenvalue weighted by Gasteiger charge is -2.42. The second kappa shape index (κ2) is 6.16. The predicted molar refractivity (Wildman–Crippen MR) is 95.8 cm³/mol. The van der Waals surface area contributed by atoms with E-state index in [1.54, 1.807) is 0 Å². The molecule has 1 aromatic rings. The van der Waals surface area contributed by atoms with Crippen molar-refractivity contribution >= 4 is 21.3 Å². The second-order valence-electron chi connectivity index (χ2n) is 8.63. The molecule has 0 bridgehead atoms. The van der Waals surface area contributed by atoms with Crippen LogP contribution in [0.25, 0.3) is 0 Å². The van der Waals surface area contributed by atoms with Gasteiger partial charge in [-0.25, -0.2) is 0 Å². The van der Waals surface area contributed by atoms with Crippen molar-refractivity contribution in [1.29, 1.82) is 0 Å². The summed E-state index contributed by atoms with van der Waals surface area (Å²) < 4.78 is 6.58.